The topological polar surface area (TPSA) is 67.5 Å². The number of ether oxygens (including phenoxy) is 1. The Kier molecular flexibility index (Phi) is 5.15. The molecule has 0 bridgehead atoms. The van der Waals surface area contributed by atoms with Crippen LogP contribution in [0.3, 0.4) is 0 Å². The third-order valence-electron chi connectivity index (χ3n) is 2.30. The number of rotatable bonds is 7. The van der Waals surface area contributed by atoms with Gasteiger partial charge in [-0.3, -0.25) is 0 Å². The van der Waals surface area contributed by atoms with Crippen LogP contribution in [0, 0.1) is 0 Å². The lowest BCUT2D eigenvalue weighted by Gasteiger charge is -2.17. The maximum atomic E-state index is 12.9. The fourth-order valence-electron chi connectivity index (χ4n) is 1.32. The molecule has 0 aromatic heterocycles. The average molecular weight is 260 g/mol. The predicted octanol–water partition coefficient (Wildman–Crippen LogP) is 2.10. The number of nitrogen functional groups attached to an aromatic ring is 1. The molecule has 0 radical (unpaired) electrons. The van der Waals surface area contributed by atoms with E-state index in [-0.39, 0.29) is 0 Å². The molecule has 0 aliphatic carbocycles. The summed E-state index contributed by atoms with van der Waals surface area (Å²) < 4.78 is 31.2. The number of hydrogen-bond acceptors (Lipinski definition) is 4. The number of nitrogens with two attached hydrogens (primary N) is 1. The molecule has 0 saturated heterocycles. The van der Waals surface area contributed by atoms with Gasteiger partial charge < -0.3 is 20.9 Å². The van der Waals surface area contributed by atoms with E-state index >= 15 is 0 Å². The monoisotopic (exact) mass is 260 g/mol. The summed E-state index contributed by atoms with van der Waals surface area (Å²) in [6, 6.07) is 4.93. The van der Waals surface area contributed by atoms with Crippen molar-refractivity contribution in [1.82, 2.24) is 0 Å². The lowest BCUT2D eigenvalue weighted by Crippen LogP contribution is -2.31. The molecule has 1 aromatic rings. The van der Waals surface area contributed by atoms with Crippen LogP contribution >= 0.6 is 0 Å². The zero-order valence-electron chi connectivity index (χ0n) is 10.2. The second-order valence-electron chi connectivity index (χ2n) is 3.93. The summed E-state index contributed by atoms with van der Waals surface area (Å²) in [5, 5.41) is 11.0. The van der Waals surface area contributed by atoms with Gasteiger partial charge in [0.2, 0.25) is 0 Å². The molecule has 102 valence electrons. The Labute approximate surface area is 105 Å². The van der Waals surface area contributed by atoms with Crippen molar-refractivity contribution in [2.45, 2.75) is 19.3 Å². The molecule has 0 amide bonds. The van der Waals surface area contributed by atoms with Gasteiger partial charge in [-0.15, -0.1) is 0 Å². The second kappa shape index (κ2) is 6.39. The first-order valence-electron chi connectivity index (χ1n) is 5.74. The maximum absolute atomic E-state index is 12.9. The molecule has 0 aliphatic heterocycles. The van der Waals surface area contributed by atoms with Gasteiger partial charge in [-0.05, 0) is 18.6 Å². The summed E-state index contributed by atoms with van der Waals surface area (Å²) in [7, 11) is 0. The highest BCUT2D eigenvalue weighted by atomic mass is 19.3. The van der Waals surface area contributed by atoms with Crippen molar-refractivity contribution in [2.24, 2.45) is 0 Å². The summed E-state index contributed by atoms with van der Waals surface area (Å²) in [4.78, 5) is 0. The minimum absolute atomic E-state index is 0.291. The standard InChI is InChI=1S/C12H18F2N2O2/c1-2-6-18-10-5-3-4-9(11(10)15)16-7-12(13,14)8-17/h3-5,16-17H,2,6-8,15H2,1H3. The fraction of sp³-hybridized carbons (Fsp3) is 0.500. The maximum Gasteiger partial charge on any atom is 0.287 e. The van der Waals surface area contributed by atoms with Crippen molar-refractivity contribution < 1.29 is 18.6 Å². The summed E-state index contributed by atoms with van der Waals surface area (Å²) in [5.74, 6) is -2.71. The third-order valence-corrected chi connectivity index (χ3v) is 2.30. The molecule has 1 aromatic carbocycles. The van der Waals surface area contributed by atoms with Crippen LogP contribution in [0.15, 0.2) is 18.2 Å². The molecule has 0 atom stereocenters. The van der Waals surface area contributed by atoms with Crippen molar-refractivity contribution >= 4 is 11.4 Å². The Bertz CT molecular complexity index is 386. The molecule has 18 heavy (non-hydrogen) atoms. The molecule has 0 aliphatic rings. The van der Waals surface area contributed by atoms with Crippen molar-refractivity contribution in [1.29, 1.82) is 0 Å². The van der Waals surface area contributed by atoms with Gasteiger partial charge >= 0.3 is 0 Å². The zero-order valence-corrected chi connectivity index (χ0v) is 10.2. The Morgan fingerprint density at radius 1 is 1.44 bits per heavy atom. The lowest BCUT2D eigenvalue weighted by molar-refractivity contribution is -0.0372. The molecule has 4 N–H and O–H groups in total. The van der Waals surface area contributed by atoms with E-state index in [4.69, 9.17) is 15.6 Å². The Balaban J connectivity index is 2.71. The molecule has 0 heterocycles. The molecule has 1 rings (SSSR count). The Morgan fingerprint density at radius 2 is 2.17 bits per heavy atom. The minimum atomic E-state index is -3.17. The summed E-state index contributed by atoms with van der Waals surface area (Å²) in [6.45, 7) is 0.595. The predicted molar refractivity (Wildman–Crippen MR) is 67.2 cm³/mol. The van der Waals surface area contributed by atoms with Crippen molar-refractivity contribution in [3.05, 3.63) is 18.2 Å². The number of para-hydroxylation sites is 1. The van der Waals surface area contributed by atoms with Crippen LogP contribution in [0.1, 0.15) is 13.3 Å². The minimum Gasteiger partial charge on any atom is -0.491 e. The van der Waals surface area contributed by atoms with Gasteiger partial charge in [-0.25, -0.2) is 8.78 Å². The highest BCUT2D eigenvalue weighted by Crippen LogP contribution is 2.30. The first-order chi connectivity index (χ1) is 8.50. The summed E-state index contributed by atoms with van der Waals surface area (Å²) in [5.41, 5.74) is 6.46. The molecule has 0 unspecified atom stereocenters. The van der Waals surface area contributed by atoms with E-state index in [1.807, 2.05) is 6.92 Å². The van der Waals surface area contributed by atoms with E-state index in [0.717, 1.165) is 6.42 Å². The van der Waals surface area contributed by atoms with E-state index in [9.17, 15) is 8.78 Å². The van der Waals surface area contributed by atoms with Crippen molar-refractivity contribution in [3.63, 3.8) is 0 Å². The average Bonchev–Trinajstić information content (AvgIpc) is 2.36. The van der Waals surface area contributed by atoms with Gasteiger partial charge in [0.1, 0.15) is 12.4 Å². The van der Waals surface area contributed by atoms with Crippen molar-refractivity contribution in [3.8, 4) is 5.75 Å². The van der Waals surface area contributed by atoms with Crippen LogP contribution < -0.4 is 15.8 Å². The lowest BCUT2D eigenvalue weighted by atomic mass is 10.2. The third kappa shape index (κ3) is 4.03. The van der Waals surface area contributed by atoms with Gasteiger partial charge in [0.05, 0.1) is 24.5 Å². The van der Waals surface area contributed by atoms with Crippen LogP contribution in [0.25, 0.3) is 0 Å². The first-order valence-corrected chi connectivity index (χ1v) is 5.74. The molecular formula is C12H18F2N2O2. The van der Waals surface area contributed by atoms with E-state index in [1.165, 1.54) is 0 Å². The number of aliphatic hydroxyl groups is 1. The second-order valence-corrected chi connectivity index (χ2v) is 3.93. The number of halogens is 2. The van der Waals surface area contributed by atoms with Gasteiger partial charge in [0, 0.05) is 0 Å². The van der Waals surface area contributed by atoms with E-state index < -0.39 is 19.1 Å². The SMILES string of the molecule is CCCOc1cccc(NCC(F)(F)CO)c1N. The highest BCUT2D eigenvalue weighted by molar-refractivity contribution is 5.72. The quantitative estimate of drug-likeness (QED) is 0.657. The zero-order chi connectivity index (χ0) is 13.6. The normalized spacial score (nSPS) is 11.3. The van der Waals surface area contributed by atoms with Gasteiger partial charge in [-0.2, -0.15) is 0 Å². The van der Waals surface area contributed by atoms with E-state index in [2.05, 4.69) is 5.32 Å². The Morgan fingerprint density at radius 3 is 2.78 bits per heavy atom. The number of anilines is 2. The molecule has 4 nitrogen and oxygen atoms in total. The van der Waals surface area contributed by atoms with Gasteiger partial charge in [-0.1, -0.05) is 13.0 Å². The number of alkyl halides is 2. The van der Waals surface area contributed by atoms with Crippen LogP contribution in [0.4, 0.5) is 20.2 Å². The molecule has 6 heteroatoms. The summed E-state index contributed by atoms with van der Waals surface area (Å²) in [6.07, 6.45) is 0.833. The molecule has 0 saturated carbocycles. The van der Waals surface area contributed by atoms with Crippen LogP contribution in [-0.2, 0) is 0 Å². The van der Waals surface area contributed by atoms with E-state index in [0.29, 0.717) is 23.7 Å². The van der Waals surface area contributed by atoms with Crippen molar-refractivity contribution in [2.75, 3.05) is 30.8 Å². The highest BCUT2D eigenvalue weighted by Gasteiger charge is 2.27. The summed E-state index contributed by atoms with van der Waals surface area (Å²) >= 11 is 0. The van der Waals surface area contributed by atoms with Gasteiger partial charge in [0.15, 0.2) is 0 Å². The first kappa shape index (κ1) is 14.5. The largest absolute Gasteiger partial charge is 0.491 e. The van der Waals surface area contributed by atoms with Gasteiger partial charge in [0.25, 0.3) is 5.92 Å². The van der Waals surface area contributed by atoms with Crippen LogP contribution in [0.2, 0.25) is 0 Å². The van der Waals surface area contributed by atoms with E-state index in [1.54, 1.807) is 18.2 Å². The molecule has 0 spiro atoms. The van der Waals surface area contributed by atoms with Crippen LogP contribution in [-0.4, -0.2) is 30.8 Å². The fourth-order valence-corrected chi connectivity index (χ4v) is 1.32. The van der Waals surface area contributed by atoms with Crippen LogP contribution in [0.5, 0.6) is 5.75 Å². The number of hydrogen-bond donors (Lipinski definition) is 3. The number of benzene rings is 1. The smallest absolute Gasteiger partial charge is 0.287 e. The Hall–Kier alpha value is -1.56. The number of nitrogens with one attached hydrogen (secondary N) is 1. The molecular weight excluding hydrogens is 242 g/mol. The number of aliphatic hydroxyl groups excluding tert-OH is 1. The molecule has 0 fully saturated rings.